The number of hydrogen-bond donors (Lipinski definition) is 1. The Kier molecular flexibility index (Phi) is 4.38. The Hall–Kier alpha value is -1.33. The van der Waals surface area contributed by atoms with Crippen LogP contribution in [-0.2, 0) is 0 Å². The summed E-state index contributed by atoms with van der Waals surface area (Å²) >= 11 is 5.83. The molecule has 1 aliphatic rings. The average molecular weight is 271 g/mol. The van der Waals surface area contributed by atoms with E-state index in [9.17, 15) is 10.1 Å². The molecular formula is C12H15ClN2O3. The van der Waals surface area contributed by atoms with Crippen molar-refractivity contribution in [1.29, 1.82) is 0 Å². The first-order chi connectivity index (χ1) is 8.66. The zero-order chi connectivity index (χ0) is 13.0. The first-order valence-corrected chi connectivity index (χ1v) is 6.32. The first kappa shape index (κ1) is 13.1. The van der Waals surface area contributed by atoms with Crippen LogP contribution >= 0.6 is 11.6 Å². The van der Waals surface area contributed by atoms with Crippen molar-refractivity contribution in [1.82, 2.24) is 5.32 Å². The third-order valence-corrected chi connectivity index (χ3v) is 3.29. The van der Waals surface area contributed by atoms with Crippen LogP contribution in [0.2, 0.25) is 5.02 Å². The molecule has 0 radical (unpaired) electrons. The highest BCUT2D eigenvalue weighted by molar-refractivity contribution is 6.30. The molecule has 0 bridgehead atoms. The van der Waals surface area contributed by atoms with E-state index in [4.69, 9.17) is 16.3 Å². The van der Waals surface area contributed by atoms with Gasteiger partial charge in [-0.15, -0.1) is 0 Å². The van der Waals surface area contributed by atoms with Gasteiger partial charge in [0.15, 0.2) is 5.75 Å². The minimum atomic E-state index is -0.450. The molecule has 1 aromatic rings. The van der Waals surface area contributed by atoms with Gasteiger partial charge in [0.05, 0.1) is 11.5 Å². The molecule has 0 atom stereocenters. The number of piperidine rings is 1. The van der Waals surface area contributed by atoms with Gasteiger partial charge in [0.2, 0.25) is 0 Å². The molecular weight excluding hydrogens is 256 g/mol. The number of nitro benzene ring substituents is 1. The summed E-state index contributed by atoms with van der Waals surface area (Å²) in [5.74, 6) is 0.705. The summed E-state index contributed by atoms with van der Waals surface area (Å²) in [5, 5.41) is 14.6. The number of nitrogens with one attached hydrogen (secondary N) is 1. The molecule has 18 heavy (non-hydrogen) atoms. The summed E-state index contributed by atoms with van der Waals surface area (Å²) in [4.78, 5) is 10.4. The SMILES string of the molecule is O=[N+]([O-])c1ccc(Cl)cc1OCC1CCNCC1. The lowest BCUT2D eigenvalue weighted by Crippen LogP contribution is -2.30. The Balaban J connectivity index is 2.03. The van der Waals surface area contributed by atoms with Gasteiger partial charge in [0, 0.05) is 17.2 Å². The third kappa shape index (κ3) is 3.34. The molecule has 1 fully saturated rings. The highest BCUT2D eigenvalue weighted by Crippen LogP contribution is 2.30. The molecule has 1 heterocycles. The van der Waals surface area contributed by atoms with Crippen molar-refractivity contribution in [2.24, 2.45) is 5.92 Å². The van der Waals surface area contributed by atoms with E-state index in [1.54, 1.807) is 0 Å². The third-order valence-electron chi connectivity index (χ3n) is 3.05. The zero-order valence-corrected chi connectivity index (χ0v) is 10.7. The minimum Gasteiger partial charge on any atom is -0.486 e. The van der Waals surface area contributed by atoms with Crippen molar-refractivity contribution in [2.75, 3.05) is 19.7 Å². The summed E-state index contributed by atoms with van der Waals surface area (Å²) in [6.07, 6.45) is 2.07. The Bertz CT molecular complexity index is 433. The maximum Gasteiger partial charge on any atom is 0.311 e. The highest BCUT2D eigenvalue weighted by Gasteiger charge is 2.18. The molecule has 0 amide bonds. The molecule has 1 aromatic carbocycles. The molecule has 0 aliphatic carbocycles. The van der Waals surface area contributed by atoms with Crippen molar-refractivity contribution in [3.63, 3.8) is 0 Å². The number of hydrogen-bond acceptors (Lipinski definition) is 4. The van der Waals surface area contributed by atoms with E-state index in [1.165, 1.54) is 18.2 Å². The van der Waals surface area contributed by atoms with Gasteiger partial charge < -0.3 is 10.1 Å². The highest BCUT2D eigenvalue weighted by atomic mass is 35.5. The number of ether oxygens (including phenoxy) is 1. The van der Waals surface area contributed by atoms with Crippen LogP contribution < -0.4 is 10.1 Å². The predicted octanol–water partition coefficient (Wildman–Crippen LogP) is 2.63. The van der Waals surface area contributed by atoms with Gasteiger partial charge in [-0.1, -0.05) is 11.6 Å². The number of rotatable bonds is 4. The molecule has 0 spiro atoms. The Morgan fingerprint density at radius 1 is 1.44 bits per heavy atom. The predicted molar refractivity (Wildman–Crippen MR) is 69.2 cm³/mol. The summed E-state index contributed by atoms with van der Waals surface area (Å²) in [5.41, 5.74) is -0.0339. The number of nitro groups is 1. The molecule has 1 aliphatic heterocycles. The fraction of sp³-hybridized carbons (Fsp3) is 0.500. The lowest BCUT2D eigenvalue weighted by Gasteiger charge is -2.22. The molecule has 0 unspecified atom stereocenters. The van der Waals surface area contributed by atoms with Crippen LogP contribution in [0.25, 0.3) is 0 Å². The quantitative estimate of drug-likeness (QED) is 0.675. The van der Waals surface area contributed by atoms with Gasteiger partial charge >= 0.3 is 5.69 Å². The first-order valence-electron chi connectivity index (χ1n) is 5.94. The maximum absolute atomic E-state index is 10.9. The Morgan fingerprint density at radius 3 is 2.83 bits per heavy atom. The van der Waals surface area contributed by atoms with Crippen molar-refractivity contribution >= 4 is 17.3 Å². The van der Waals surface area contributed by atoms with Crippen molar-refractivity contribution < 1.29 is 9.66 Å². The summed E-state index contributed by atoms with van der Waals surface area (Å²) in [6, 6.07) is 4.37. The Morgan fingerprint density at radius 2 is 2.17 bits per heavy atom. The largest absolute Gasteiger partial charge is 0.486 e. The van der Waals surface area contributed by atoms with Crippen molar-refractivity contribution in [3.8, 4) is 5.75 Å². The molecule has 5 nitrogen and oxygen atoms in total. The molecule has 0 aromatic heterocycles. The second-order valence-corrected chi connectivity index (χ2v) is 4.81. The monoisotopic (exact) mass is 270 g/mol. The molecule has 0 saturated carbocycles. The normalized spacial score (nSPS) is 16.5. The molecule has 6 heteroatoms. The van der Waals surface area contributed by atoms with E-state index in [2.05, 4.69) is 5.32 Å². The van der Waals surface area contributed by atoms with Crippen LogP contribution in [0, 0.1) is 16.0 Å². The van der Waals surface area contributed by atoms with Gasteiger partial charge in [0.25, 0.3) is 0 Å². The summed E-state index contributed by atoms with van der Waals surface area (Å²) in [6.45, 7) is 2.46. The minimum absolute atomic E-state index is 0.0339. The lowest BCUT2D eigenvalue weighted by atomic mass is 9.99. The van der Waals surface area contributed by atoms with E-state index in [0.29, 0.717) is 17.5 Å². The average Bonchev–Trinajstić information content (AvgIpc) is 2.37. The van der Waals surface area contributed by atoms with E-state index in [0.717, 1.165) is 25.9 Å². The van der Waals surface area contributed by atoms with Gasteiger partial charge in [-0.3, -0.25) is 10.1 Å². The van der Waals surface area contributed by atoms with Crippen LogP contribution in [0.15, 0.2) is 18.2 Å². The Labute approximate surface area is 110 Å². The van der Waals surface area contributed by atoms with E-state index >= 15 is 0 Å². The van der Waals surface area contributed by atoms with Crippen LogP contribution in [-0.4, -0.2) is 24.6 Å². The van der Waals surface area contributed by atoms with Crippen LogP contribution in [0.5, 0.6) is 5.75 Å². The second-order valence-electron chi connectivity index (χ2n) is 4.37. The van der Waals surface area contributed by atoms with E-state index in [-0.39, 0.29) is 11.4 Å². The van der Waals surface area contributed by atoms with Crippen molar-refractivity contribution in [3.05, 3.63) is 33.3 Å². The maximum atomic E-state index is 10.9. The standard InChI is InChI=1S/C12H15ClN2O3/c13-10-1-2-11(15(16)17)12(7-10)18-8-9-3-5-14-6-4-9/h1-2,7,9,14H,3-6,8H2. The zero-order valence-electron chi connectivity index (χ0n) is 9.89. The fourth-order valence-electron chi connectivity index (χ4n) is 2.01. The van der Waals surface area contributed by atoms with Gasteiger partial charge in [-0.2, -0.15) is 0 Å². The van der Waals surface area contributed by atoms with Crippen LogP contribution in [0.1, 0.15) is 12.8 Å². The van der Waals surface area contributed by atoms with Gasteiger partial charge in [0.1, 0.15) is 0 Å². The van der Waals surface area contributed by atoms with Gasteiger partial charge in [-0.25, -0.2) is 0 Å². The van der Waals surface area contributed by atoms with Crippen molar-refractivity contribution in [2.45, 2.75) is 12.8 Å². The number of nitrogens with zero attached hydrogens (tertiary/aromatic N) is 1. The van der Waals surface area contributed by atoms with Gasteiger partial charge in [-0.05, 0) is 37.9 Å². The molecule has 1 N–H and O–H groups in total. The lowest BCUT2D eigenvalue weighted by molar-refractivity contribution is -0.385. The molecule has 1 saturated heterocycles. The topological polar surface area (TPSA) is 64.4 Å². The van der Waals surface area contributed by atoms with Crippen LogP contribution in [0.4, 0.5) is 5.69 Å². The van der Waals surface area contributed by atoms with Crippen LogP contribution in [0.3, 0.4) is 0 Å². The fourth-order valence-corrected chi connectivity index (χ4v) is 2.17. The smallest absolute Gasteiger partial charge is 0.311 e. The molecule has 98 valence electrons. The van der Waals surface area contributed by atoms with E-state index < -0.39 is 4.92 Å². The van der Waals surface area contributed by atoms with E-state index in [1.807, 2.05) is 0 Å². The summed E-state index contributed by atoms with van der Waals surface area (Å²) < 4.78 is 5.56. The number of halogens is 1. The summed E-state index contributed by atoms with van der Waals surface area (Å²) in [7, 11) is 0. The molecule has 2 rings (SSSR count). The second kappa shape index (κ2) is 6.02. The number of benzene rings is 1.